The molecule has 156 valence electrons. The molecule has 2 aliphatic heterocycles. The van der Waals surface area contributed by atoms with Crippen molar-refractivity contribution in [3.05, 3.63) is 42.2 Å². The van der Waals surface area contributed by atoms with Crippen LogP contribution in [-0.4, -0.2) is 50.3 Å². The average Bonchev–Trinajstić information content (AvgIpc) is 3.27. The number of phenols is 1. The highest BCUT2D eigenvalue weighted by Crippen LogP contribution is 2.33. The van der Waals surface area contributed by atoms with Crippen LogP contribution in [0.1, 0.15) is 31.4 Å². The Morgan fingerprint density at radius 2 is 1.90 bits per heavy atom. The van der Waals surface area contributed by atoms with Gasteiger partial charge in [-0.25, -0.2) is 4.68 Å². The maximum absolute atomic E-state index is 10.6. The Bertz CT molecular complexity index is 1030. The van der Waals surface area contributed by atoms with E-state index in [-0.39, 0.29) is 5.75 Å². The monoisotopic (exact) mass is 405 g/mol. The smallest absolute Gasteiger partial charge is 0.151 e. The molecule has 3 atom stereocenters. The first-order valence-electron chi connectivity index (χ1n) is 10.5. The van der Waals surface area contributed by atoms with E-state index in [1.54, 1.807) is 16.9 Å². The van der Waals surface area contributed by atoms with Gasteiger partial charge in [0.15, 0.2) is 5.82 Å². The van der Waals surface area contributed by atoms with Gasteiger partial charge in [0.2, 0.25) is 0 Å². The predicted molar refractivity (Wildman–Crippen MR) is 117 cm³/mol. The highest BCUT2D eigenvalue weighted by atomic mass is 16.3. The molecule has 8 nitrogen and oxygen atoms in total. The molecule has 0 amide bonds. The van der Waals surface area contributed by atoms with Crippen LogP contribution in [0.15, 0.2) is 36.5 Å². The normalized spacial score (nSPS) is 22.9. The summed E-state index contributed by atoms with van der Waals surface area (Å²) in [5, 5.41) is 27.4. The molecule has 3 aromatic rings. The van der Waals surface area contributed by atoms with Crippen LogP contribution in [0.5, 0.6) is 5.75 Å². The largest absolute Gasteiger partial charge is 0.507 e. The minimum Gasteiger partial charge on any atom is -0.507 e. The van der Waals surface area contributed by atoms with Crippen molar-refractivity contribution in [2.75, 3.05) is 17.7 Å². The molecule has 1 aromatic carbocycles. The first kappa shape index (κ1) is 18.9. The molecule has 0 unspecified atom stereocenters. The Labute approximate surface area is 175 Å². The van der Waals surface area contributed by atoms with Crippen LogP contribution in [0.3, 0.4) is 0 Å². The Balaban J connectivity index is 1.35. The van der Waals surface area contributed by atoms with Gasteiger partial charge >= 0.3 is 0 Å². The fourth-order valence-corrected chi connectivity index (χ4v) is 4.67. The lowest BCUT2D eigenvalue weighted by molar-refractivity contribution is 0.353. The fourth-order valence-electron chi connectivity index (χ4n) is 4.67. The molecule has 0 aliphatic carbocycles. The van der Waals surface area contributed by atoms with E-state index in [4.69, 9.17) is 5.73 Å². The summed E-state index contributed by atoms with van der Waals surface area (Å²) in [6.07, 6.45) is 6.59. The van der Waals surface area contributed by atoms with Gasteiger partial charge in [0.25, 0.3) is 0 Å². The Kier molecular flexibility index (Phi) is 4.58. The second-order valence-corrected chi connectivity index (χ2v) is 8.47. The van der Waals surface area contributed by atoms with E-state index >= 15 is 0 Å². The second-order valence-electron chi connectivity index (χ2n) is 8.47. The number of anilines is 2. The number of phenolic OH excluding ortho intramolecular Hbond substituents is 1. The number of aryl methyl sites for hydroxylation is 1. The molecule has 2 saturated heterocycles. The summed E-state index contributed by atoms with van der Waals surface area (Å²) in [5.41, 5.74) is 9.26. The molecule has 2 aromatic heterocycles. The zero-order valence-corrected chi connectivity index (χ0v) is 17.3. The van der Waals surface area contributed by atoms with Crippen molar-refractivity contribution in [1.82, 2.24) is 25.3 Å². The molecule has 4 heterocycles. The second kappa shape index (κ2) is 7.28. The number of piperidine rings is 1. The minimum atomic E-state index is 0.129. The van der Waals surface area contributed by atoms with Crippen molar-refractivity contribution < 1.29 is 5.11 Å². The third-order valence-corrected chi connectivity index (χ3v) is 6.47. The van der Waals surface area contributed by atoms with Crippen LogP contribution in [0.25, 0.3) is 16.9 Å². The molecule has 0 radical (unpaired) electrons. The average molecular weight is 406 g/mol. The first-order chi connectivity index (χ1) is 14.5. The molecular weight excluding hydrogens is 378 g/mol. The van der Waals surface area contributed by atoms with Gasteiger partial charge in [-0.1, -0.05) is 0 Å². The van der Waals surface area contributed by atoms with E-state index in [0.717, 1.165) is 30.0 Å². The fraction of sp³-hybridized carbons (Fsp3) is 0.409. The van der Waals surface area contributed by atoms with E-state index in [2.05, 4.69) is 32.6 Å². The zero-order chi connectivity index (χ0) is 20.8. The maximum Gasteiger partial charge on any atom is 0.151 e. The number of benzene rings is 1. The lowest BCUT2D eigenvalue weighted by Gasteiger charge is -2.36. The third kappa shape index (κ3) is 3.37. The van der Waals surface area contributed by atoms with Gasteiger partial charge < -0.3 is 21.1 Å². The quantitative estimate of drug-likeness (QED) is 0.613. The van der Waals surface area contributed by atoms with Gasteiger partial charge in [0.1, 0.15) is 5.75 Å². The van der Waals surface area contributed by atoms with Gasteiger partial charge in [0, 0.05) is 36.8 Å². The van der Waals surface area contributed by atoms with Gasteiger partial charge in [-0.3, -0.25) is 0 Å². The van der Waals surface area contributed by atoms with Crippen molar-refractivity contribution in [3.8, 4) is 22.7 Å². The number of hydrogen-bond donors (Lipinski definition) is 3. The molecule has 0 saturated carbocycles. The molecule has 0 spiro atoms. The summed E-state index contributed by atoms with van der Waals surface area (Å²) >= 11 is 0. The van der Waals surface area contributed by atoms with E-state index in [0.29, 0.717) is 35.1 Å². The molecule has 30 heavy (non-hydrogen) atoms. The summed E-state index contributed by atoms with van der Waals surface area (Å²) in [4.78, 5) is 2.25. The van der Waals surface area contributed by atoms with Crippen LogP contribution in [0.2, 0.25) is 0 Å². The topological polar surface area (TPSA) is 105 Å². The van der Waals surface area contributed by atoms with Crippen LogP contribution >= 0.6 is 0 Å². The number of aromatic hydroxyl groups is 1. The number of hydrogen-bond acceptors (Lipinski definition) is 7. The number of rotatable bonds is 4. The third-order valence-electron chi connectivity index (χ3n) is 6.47. The summed E-state index contributed by atoms with van der Waals surface area (Å²) in [6, 6.07) is 11.0. The molecular formula is C22H27N7O. The van der Waals surface area contributed by atoms with Gasteiger partial charge in [-0.2, -0.15) is 5.10 Å². The van der Waals surface area contributed by atoms with E-state index in [9.17, 15) is 5.11 Å². The predicted octanol–water partition coefficient (Wildman–Crippen LogP) is 2.64. The van der Waals surface area contributed by atoms with Crippen molar-refractivity contribution in [2.24, 2.45) is 0 Å². The molecule has 4 N–H and O–H groups in total. The van der Waals surface area contributed by atoms with E-state index in [1.807, 2.05) is 31.2 Å². The van der Waals surface area contributed by atoms with Crippen LogP contribution in [-0.2, 0) is 0 Å². The zero-order valence-electron chi connectivity index (χ0n) is 17.3. The van der Waals surface area contributed by atoms with Crippen LogP contribution in [0, 0.1) is 6.92 Å². The summed E-state index contributed by atoms with van der Waals surface area (Å²) in [6.45, 7) is 1.85. The lowest BCUT2D eigenvalue weighted by Crippen LogP contribution is -2.47. The van der Waals surface area contributed by atoms with Gasteiger partial charge in [0.05, 0.1) is 29.0 Å². The highest BCUT2D eigenvalue weighted by Gasteiger charge is 2.35. The Hall–Kier alpha value is -3.13. The number of nitrogen functional groups attached to an aromatic ring is 1. The Morgan fingerprint density at radius 1 is 1.13 bits per heavy atom. The maximum atomic E-state index is 10.6. The molecule has 8 heteroatoms. The minimum absolute atomic E-state index is 0.129. The standard InChI is InChI=1S/C22H27N7O/c1-13-19(23)12-29(27-13)16-5-6-18(21(30)11-16)20-7-8-22(26-25-20)28(2)17-9-14-3-4-15(10-17)24-14/h5-8,11-12,14-15,17,24,30H,3-4,9-10,23H2,1-2H3/t14-,15+,17-. The number of nitrogens with zero attached hydrogens (tertiary/aromatic N) is 5. The van der Waals surface area contributed by atoms with Crippen molar-refractivity contribution in [3.63, 3.8) is 0 Å². The van der Waals surface area contributed by atoms with Crippen LogP contribution < -0.4 is 16.0 Å². The summed E-state index contributed by atoms with van der Waals surface area (Å²) < 4.78 is 1.66. The highest BCUT2D eigenvalue weighted by molar-refractivity contribution is 5.69. The van der Waals surface area contributed by atoms with E-state index < -0.39 is 0 Å². The number of fused-ring (bicyclic) bond motifs is 2. The molecule has 2 fully saturated rings. The van der Waals surface area contributed by atoms with Crippen molar-refractivity contribution in [2.45, 2.75) is 50.7 Å². The van der Waals surface area contributed by atoms with Gasteiger partial charge in [-0.15, -0.1) is 10.2 Å². The van der Waals surface area contributed by atoms with E-state index in [1.165, 1.54) is 12.8 Å². The SMILES string of the molecule is Cc1nn(-c2ccc(-c3ccc(N(C)[C@@H]4C[C@H]5CC[C@@H](C4)N5)nn3)c(O)c2)cc1N. The Morgan fingerprint density at radius 3 is 2.50 bits per heavy atom. The molecule has 2 aliphatic rings. The van der Waals surface area contributed by atoms with Gasteiger partial charge in [-0.05, 0) is 56.9 Å². The molecule has 5 rings (SSSR count). The summed E-state index contributed by atoms with van der Waals surface area (Å²) in [7, 11) is 2.10. The number of nitrogens with two attached hydrogens (primary N) is 1. The lowest BCUT2D eigenvalue weighted by atomic mass is 9.98. The van der Waals surface area contributed by atoms with Crippen molar-refractivity contribution >= 4 is 11.5 Å². The molecule has 2 bridgehead atoms. The first-order valence-corrected chi connectivity index (χ1v) is 10.5. The number of nitrogens with one attached hydrogen (secondary N) is 1. The summed E-state index contributed by atoms with van der Waals surface area (Å²) in [5.74, 6) is 0.994. The number of aromatic nitrogens is 4. The van der Waals surface area contributed by atoms with Crippen LogP contribution in [0.4, 0.5) is 11.5 Å². The van der Waals surface area contributed by atoms with Crippen molar-refractivity contribution in [1.29, 1.82) is 0 Å².